The first-order valence-corrected chi connectivity index (χ1v) is 5.78. The lowest BCUT2D eigenvalue weighted by atomic mass is 10.2. The highest BCUT2D eigenvalue weighted by Gasteiger charge is 2.38. The monoisotopic (exact) mass is 264 g/mol. The summed E-state index contributed by atoms with van der Waals surface area (Å²) in [6.45, 7) is 8.53. The van der Waals surface area contributed by atoms with Crippen molar-refractivity contribution in [2.24, 2.45) is 0 Å². The number of likely N-dealkylation sites (tertiary alicyclic amines) is 1. The van der Waals surface area contributed by atoms with Gasteiger partial charge in [-0.15, -0.1) is 12.4 Å². The molecule has 5 nitrogen and oxygen atoms in total. The molecule has 6 heteroatoms. The number of halogens is 1. The van der Waals surface area contributed by atoms with Gasteiger partial charge in [-0.1, -0.05) is 0 Å². The molecule has 100 valence electrons. The summed E-state index contributed by atoms with van der Waals surface area (Å²) in [6, 6.07) is 0.265. The van der Waals surface area contributed by atoms with Crippen LogP contribution in [0.5, 0.6) is 0 Å². The van der Waals surface area contributed by atoms with Crippen molar-refractivity contribution < 1.29 is 14.3 Å². The van der Waals surface area contributed by atoms with E-state index in [2.05, 4.69) is 5.32 Å². The van der Waals surface area contributed by atoms with E-state index >= 15 is 0 Å². The van der Waals surface area contributed by atoms with Crippen LogP contribution in [0.25, 0.3) is 0 Å². The van der Waals surface area contributed by atoms with Gasteiger partial charge < -0.3 is 19.7 Å². The van der Waals surface area contributed by atoms with Crippen molar-refractivity contribution >= 4 is 18.5 Å². The number of morpholine rings is 1. The lowest BCUT2D eigenvalue weighted by molar-refractivity contribution is 0.0104. The Morgan fingerprint density at radius 1 is 1.41 bits per heavy atom. The van der Waals surface area contributed by atoms with Gasteiger partial charge in [0.1, 0.15) is 5.60 Å². The quantitative estimate of drug-likeness (QED) is 0.710. The third-order valence-electron chi connectivity index (χ3n) is 2.76. The van der Waals surface area contributed by atoms with Gasteiger partial charge in [-0.3, -0.25) is 0 Å². The molecule has 0 aromatic heterocycles. The van der Waals surface area contributed by atoms with Crippen LogP contribution in [0.15, 0.2) is 0 Å². The van der Waals surface area contributed by atoms with E-state index in [1.54, 1.807) is 4.90 Å². The van der Waals surface area contributed by atoms with Crippen LogP contribution in [0.2, 0.25) is 0 Å². The van der Waals surface area contributed by atoms with Crippen molar-refractivity contribution in [2.75, 3.05) is 26.2 Å². The highest BCUT2D eigenvalue weighted by Crippen LogP contribution is 2.19. The Bertz CT molecular complexity index is 266. The molecular formula is C11H21ClN2O3. The minimum atomic E-state index is -0.431. The zero-order valence-corrected chi connectivity index (χ0v) is 11.4. The van der Waals surface area contributed by atoms with Gasteiger partial charge in [0.25, 0.3) is 0 Å². The number of carbonyl (C=O) groups excluding carboxylic acids is 1. The van der Waals surface area contributed by atoms with Crippen molar-refractivity contribution in [3.8, 4) is 0 Å². The van der Waals surface area contributed by atoms with Crippen LogP contribution in [0.4, 0.5) is 4.79 Å². The molecule has 2 unspecified atom stereocenters. The molecule has 0 spiro atoms. The number of nitrogens with zero attached hydrogens (tertiary/aromatic N) is 1. The van der Waals surface area contributed by atoms with Gasteiger partial charge in [0.15, 0.2) is 0 Å². The zero-order valence-electron chi connectivity index (χ0n) is 10.6. The van der Waals surface area contributed by atoms with Gasteiger partial charge in [-0.05, 0) is 20.8 Å². The normalized spacial score (nSPS) is 28.3. The number of hydrogen-bond acceptors (Lipinski definition) is 4. The Morgan fingerprint density at radius 2 is 2.12 bits per heavy atom. The van der Waals surface area contributed by atoms with Gasteiger partial charge in [-0.25, -0.2) is 4.79 Å². The topological polar surface area (TPSA) is 50.8 Å². The fourth-order valence-electron chi connectivity index (χ4n) is 2.07. The van der Waals surface area contributed by atoms with Gasteiger partial charge in [0.05, 0.1) is 25.3 Å². The average molecular weight is 265 g/mol. The molecule has 0 aromatic rings. The molecule has 2 saturated heterocycles. The van der Waals surface area contributed by atoms with E-state index in [0.29, 0.717) is 13.1 Å². The van der Waals surface area contributed by atoms with Crippen LogP contribution >= 0.6 is 12.4 Å². The largest absolute Gasteiger partial charge is 0.444 e. The van der Waals surface area contributed by atoms with Crippen molar-refractivity contribution in [2.45, 2.75) is 38.5 Å². The Labute approximate surface area is 108 Å². The Hall–Kier alpha value is -0.520. The van der Waals surface area contributed by atoms with Crippen molar-refractivity contribution in [1.82, 2.24) is 10.2 Å². The summed E-state index contributed by atoms with van der Waals surface area (Å²) in [5.74, 6) is 0. The standard InChI is InChI=1S/C11H20N2O3.ClH/c1-11(2,3)16-10(14)13-6-8-9(7-13)15-5-4-12-8;/h8-9,12H,4-7H2,1-3H3;1H. The first-order chi connectivity index (χ1) is 7.46. The van der Waals surface area contributed by atoms with Crippen LogP contribution in [-0.2, 0) is 9.47 Å². The third kappa shape index (κ3) is 3.72. The van der Waals surface area contributed by atoms with Gasteiger partial charge in [-0.2, -0.15) is 0 Å². The van der Waals surface area contributed by atoms with E-state index in [1.807, 2.05) is 20.8 Å². The molecule has 1 N–H and O–H groups in total. The van der Waals surface area contributed by atoms with Crippen LogP contribution in [0.3, 0.4) is 0 Å². The van der Waals surface area contributed by atoms with Gasteiger partial charge in [0, 0.05) is 13.1 Å². The summed E-state index contributed by atoms with van der Waals surface area (Å²) in [6.07, 6.45) is -0.117. The second-order valence-electron chi connectivity index (χ2n) is 5.36. The number of amides is 1. The number of ether oxygens (including phenoxy) is 2. The minimum absolute atomic E-state index is 0. The molecule has 17 heavy (non-hydrogen) atoms. The van der Waals surface area contributed by atoms with E-state index in [0.717, 1.165) is 13.2 Å². The van der Waals surface area contributed by atoms with Crippen LogP contribution in [0, 0.1) is 0 Å². The third-order valence-corrected chi connectivity index (χ3v) is 2.76. The smallest absolute Gasteiger partial charge is 0.410 e. The highest BCUT2D eigenvalue weighted by atomic mass is 35.5. The molecule has 0 saturated carbocycles. The van der Waals surface area contributed by atoms with Crippen molar-refractivity contribution in [3.05, 3.63) is 0 Å². The molecule has 2 aliphatic heterocycles. The Balaban J connectivity index is 0.00000144. The molecule has 2 aliphatic rings. The first-order valence-electron chi connectivity index (χ1n) is 5.78. The maximum atomic E-state index is 11.8. The predicted molar refractivity (Wildman–Crippen MR) is 66.6 cm³/mol. The van der Waals surface area contributed by atoms with Gasteiger partial charge >= 0.3 is 6.09 Å². The maximum Gasteiger partial charge on any atom is 0.410 e. The number of rotatable bonds is 0. The zero-order chi connectivity index (χ0) is 11.8. The second kappa shape index (κ2) is 5.42. The van der Waals surface area contributed by atoms with E-state index in [4.69, 9.17) is 9.47 Å². The summed E-state index contributed by atoms with van der Waals surface area (Å²) in [7, 11) is 0. The molecule has 0 radical (unpaired) electrons. The molecule has 0 aromatic carbocycles. The lowest BCUT2D eigenvalue weighted by Gasteiger charge is -2.25. The fourth-order valence-corrected chi connectivity index (χ4v) is 2.07. The number of fused-ring (bicyclic) bond motifs is 1. The number of hydrogen-bond donors (Lipinski definition) is 1. The van der Waals surface area contributed by atoms with E-state index < -0.39 is 5.60 Å². The second-order valence-corrected chi connectivity index (χ2v) is 5.36. The van der Waals surface area contributed by atoms with Crippen molar-refractivity contribution in [3.63, 3.8) is 0 Å². The Kier molecular flexibility index (Phi) is 4.63. The molecule has 2 rings (SSSR count). The van der Waals surface area contributed by atoms with E-state index in [1.165, 1.54) is 0 Å². The van der Waals surface area contributed by atoms with Crippen molar-refractivity contribution in [1.29, 1.82) is 0 Å². The molecule has 2 atom stereocenters. The molecule has 0 bridgehead atoms. The average Bonchev–Trinajstić information content (AvgIpc) is 2.58. The fraction of sp³-hybridized carbons (Fsp3) is 0.909. The van der Waals surface area contributed by atoms with E-state index in [9.17, 15) is 4.79 Å². The summed E-state index contributed by atoms with van der Waals surface area (Å²) >= 11 is 0. The highest BCUT2D eigenvalue weighted by molar-refractivity contribution is 5.85. The predicted octanol–water partition coefficient (Wildman–Crippen LogP) is 1.02. The number of nitrogens with one attached hydrogen (secondary N) is 1. The maximum absolute atomic E-state index is 11.8. The minimum Gasteiger partial charge on any atom is -0.444 e. The van der Waals surface area contributed by atoms with Crippen LogP contribution < -0.4 is 5.32 Å². The SMILES string of the molecule is CC(C)(C)OC(=O)N1CC2NCCOC2C1.Cl. The molecule has 0 aliphatic carbocycles. The van der Waals surface area contributed by atoms with E-state index in [-0.39, 0.29) is 30.6 Å². The number of carbonyl (C=O) groups is 1. The summed E-state index contributed by atoms with van der Waals surface area (Å²) in [5, 5.41) is 3.35. The molecule has 2 heterocycles. The molecular weight excluding hydrogens is 244 g/mol. The van der Waals surface area contributed by atoms with Crippen LogP contribution in [-0.4, -0.2) is 55.0 Å². The lowest BCUT2D eigenvalue weighted by Crippen LogP contribution is -2.47. The summed E-state index contributed by atoms with van der Waals surface area (Å²) in [5.41, 5.74) is -0.431. The van der Waals surface area contributed by atoms with Crippen LogP contribution in [0.1, 0.15) is 20.8 Å². The Morgan fingerprint density at radius 3 is 2.71 bits per heavy atom. The molecule has 2 fully saturated rings. The first kappa shape index (κ1) is 14.5. The molecule has 1 amide bonds. The summed E-state index contributed by atoms with van der Waals surface area (Å²) in [4.78, 5) is 13.5. The van der Waals surface area contributed by atoms with Gasteiger partial charge in [0.2, 0.25) is 0 Å². The summed E-state index contributed by atoms with van der Waals surface area (Å²) < 4.78 is 10.9.